The molecule has 0 unspecified atom stereocenters. The first-order valence-electron chi connectivity index (χ1n) is 7.71. The summed E-state index contributed by atoms with van der Waals surface area (Å²) in [5.41, 5.74) is 1.54. The topological polar surface area (TPSA) is 69.0 Å². The zero-order valence-electron chi connectivity index (χ0n) is 13.5. The number of alkyl carbamates (subject to hydrolysis) is 1. The highest BCUT2D eigenvalue weighted by atomic mass is 16.6. The van der Waals surface area contributed by atoms with E-state index >= 15 is 0 Å². The highest BCUT2D eigenvalue weighted by Crippen LogP contribution is 2.11. The first-order valence-corrected chi connectivity index (χ1v) is 7.71. The molecule has 22 heavy (non-hydrogen) atoms. The minimum Gasteiger partial charge on any atom is -0.444 e. The number of rotatable bonds is 6. The first kappa shape index (κ1) is 16.3. The van der Waals surface area contributed by atoms with Gasteiger partial charge in [0.1, 0.15) is 11.1 Å². The number of carbonyl (C=O) groups excluding carboxylic acids is 1. The van der Waals surface area contributed by atoms with Crippen molar-refractivity contribution < 1.29 is 9.53 Å². The molecule has 0 atom stereocenters. The highest BCUT2D eigenvalue weighted by Gasteiger charge is 2.15. The molecule has 0 radical (unpaired) electrons. The van der Waals surface area contributed by atoms with E-state index in [1.165, 1.54) is 0 Å². The number of hydrogen-bond acceptors (Lipinski definition) is 4. The minimum atomic E-state index is -0.446. The number of aromatic nitrogens is 3. The second-order valence-corrected chi connectivity index (χ2v) is 6.29. The number of para-hydroxylation sites is 1. The number of aryl methyl sites for hydroxylation is 1. The van der Waals surface area contributed by atoms with E-state index in [4.69, 9.17) is 4.74 Å². The monoisotopic (exact) mass is 304 g/mol. The fourth-order valence-corrected chi connectivity index (χ4v) is 2.15. The number of nitrogens with zero attached hydrogens (tertiary/aromatic N) is 3. The number of hydrogen-bond donors (Lipinski definition) is 1. The van der Waals surface area contributed by atoms with Gasteiger partial charge in [-0.25, -0.2) is 9.48 Å². The van der Waals surface area contributed by atoms with E-state index < -0.39 is 5.60 Å². The van der Waals surface area contributed by atoms with Crippen molar-refractivity contribution in [1.29, 1.82) is 0 Å². The number of benzene rings is 1. The van der Waals surface area contributed by atoms with Crippen LogP contribution in [0.2, 0.25) is 0 Å². The second-order valence-electron chi connectivity index (χ2n) is 6.29. The zero-order chi connectivity index (χ0) is 16.0. The third-order valence-electron chi connectivity index (χ3n) is 3.14. The summed E-state index contributed by atoms with van der Waals surface area (Å²) in [5, 5.41) is 11.1. The standard InChI is InChI=1S/C16H24N4O2/c1-16(2,3)22-15(21)17-11-7-4-8-12-20-14-10-6-5-9-13(14)18-19-20/h5-6,9-10H,4,7-8,11-12H2,1-3H3,(H,17,21). The Bertz CT molecular complexity index is 616. The number of ether oxygens (including phenoxy) is 1. The molecule has 0 fully saturated rings. The van der Waals surface area contributed by atoms with Crippen LogP contribution in [0.15, 0.2) is 24.3 Å². The van der Waals surface area contributed by atoms with Crippen LogP contribution in [-0.2, 0) is 11.3 Å². The quantitative estimate of drug-likeness (QED) is 0.832. The van der Waals surface area contributed by atoms with Gasteiger partial charge in [-0.3, -0.25) is 0 Å². The lowest BCUT2D eigenvalue weighted by Crippen LogP contribution is -2.33. The SMILES string of the molecule is CC(C)(C)OC(=O)NCCCCCn1nnc2ccccc21. The smallest absolute Gasteiger partial charge is 0.407 e. The van der Waals surface area contributed by atoms with Crippen molar-refractivity contribution in [3.63, 3.8) is 0 Å². The van der Waals surface area contributed by atoms with E-state index in [1.807, 2.05) is 49.7 Å². The third kappa shape index (κ3) is 5.02. The van der Waals surface area contributed by atoms with Crippen LogP contribution in [0.1, 0.15) is 40.0 Å². The van der Waals surface area contributed by atoms with Crippen LogP contribution in [0.5, 0.6) is 0 Å². The summed E-state index contributed by atoms with van der Waals surface area (Å²) in [5.74, 6) is 0. The average Bonchev–Trinajstić information content (AvgIpc) is 2.84. The molecule has 2 aromatic rings. The molecular weight excluding hydrogens is 280 g/mol. The molecule has 0 spiro atoms. The Morgan fingerprint density at radius 3 is 2.77 bits per heavy atom. The summed E-state index contributed by atoms with van der Waals surface area (Å²) >= 11 is 0. The Labute approximate surface area is 130 Å². The Hall–Kier alpha value is -2.11. The molecule has 0 aliphatic heterocycles. The molecule has 1 heterocycles. The highest BCUT2D eigenvalue weighted by molar-refractivity contribution is 5.73. The fourth-order valence-electron chi connectivity index (χ4n) is 2.15. The van der Waals surface area contributed by atoms with Crippen LogP contribution < -0.4 is 5.32 Å². The van der Waals surface area contributed by atoms with E-state index in [9.17, 15) is 4.79 Å². The largest absolute Gasteiger partial charge is 0.444 e. The van der Waals surface area contributed by atoms with Gasteiger partial charge in [-0.15, -0.1) is 5.10 Å². The summed E-state index contributed by atoms with van der Waals surface area (Å²) in [6.07, 6.45) is 2.59. The molecule has 6 nitrogen and oxygen atoms in total. The van der Waals surface area contributed by atoms with Gasteiger partial charge < -0.3 is 10.1 Å². The molecule has 1 N–H and O–H groups in total. The van der Waals surface area contributed by atoms with E-state index in [0.717, 1.165) is 36.8 Å². The average molecular weight is 304 g/mol. The predicted octanol–water partition coefficient (Wildman–Crippen LogP) is 3.13. The van der Waals surface area contributed by atoms with Crippen molar-refractivity contribution in [2.75, 3.05) is 6.54 Å². The van der Waals surface area contributed by atoms with Crippen LogP contribution in [0.25, 0.3) is 11.0 Å². The summed E-state index contributed by atoms with van der Waals surface area (Å²) in [6.45, 7) is 7.04. The van der Waals surface area contributed by atoms with Crippen LogP contribution in [0, 0.1) is 0 Å². The Morgan fingerprint density at radius 1 is 1.23 bits per heavy atom. The summed E-state index contributed by atoms with van der Waals surface area (Å²) < 4.78 is 7.11. The number of amides is 1. The Morgan fingerprint density at radius 2 is 2.00 bits per heavy atom. The van der Waals surface area contributed by atoms with Crippen molar-refractivity contribution in [3.8, 4) is 0 Å². The summed E-state index contributed by atoms with van der Waals surface area (Å²) in [6, 6.07) is 7.94. The molecule has 0 saturated carbocycles. The molecule has 1 aromatic carbocycles. The molecular formula is C16H24N4O2. The number of fused-ring (bicyclic) bond motifs is 1. The Balaban J connectivity index is 1.63. The molecule has 0 saturated heterocycles. The van der Waals surface area contributed by atoms with Gasteiger partial charge in [0.2, 0.25) is 0 Å². The predicted molar refractivity (Wildman–Crippen MR) is 85.6 cm³/mol. The third-order valence-corrected chi connectivity index (χ3v) is 3.14. The first-order chi connectivity index (χ1) is 10.5. The minimum absolute atomic E-state index is 0.352. The maximum Gasteiger partial charge on any atom is 0.407 e. The second kappa shape index (κ2) is 7.24. The van der Waals surface area contributed by atoms with Gasteiger partial charge >= 0.3 is 6.09 Å². The molecule has 6 heteroatoms. The molecule has 120 valence electrons. The van der Waals surface area contributed by atoms with Gasteiger partial charge in [0.15, 0.2) is 0 Å². The lowest BCUT2D eigenvalue weighted by Gasteiger charge is -2.19. The van der Waals surface area contributed by atoms with Crippen LogP contribution in [-0.4, -0.2) is 33.2 Å². The van der Waals surface area contributed by atoms with Crippen molar-refractivity contribution in [3.05, 3.63) is 24.3 Å². The number of unbranched alkanes of at least 4 members (excludes halogenated alkanes) is 2. The lowest BCUT2D eigenvalue weighted by atomic mass is 10.2. The molecule has 0 aliphatic rings. The number of nitrogens with one attached hydrogen (secondary N) is 1. The van der Waals surface area contributed by atoms with E-state index in [-0.39, 0.29) is 6.09 Å². The maximum absolute atomic E-state index is 11.5. The van der Waals surface area contributed by atoms with E-state index in [0.29, 0.717) is 6.54 Å². The normalized spacial score (nSPS) is 11.6. The summed E-state index contributed by atoms with van der Waals surface area (Å²) in [4.78, 5) is 11.5. The van der Waals surface area contributed by atoms with Gasteiger partial charge in [0, 0.05) is 13.1 Å². The summed E-state index contributed by atoms with van der Waals surface area (Å²) in [7, 11) is 0. The maximum atomic E-state index is 11.5. The molecule has 1 amide bonds. The van der Waals surface area contributed by atoms with Gasteiger partial charge in [0.25, 0.3) is 0 Å². The van der Waals surface area contributed by atoms with E-state index in [2.05, 4.69) is 15.6 Å². The van der Waals surface area contributed by atoms with Crippen LogP contribution >= 0.6 is 0 Å². The van der Waals surface area contributed by atoms with Crippen molar-refractivity contribution in [2.24, 2.45) is 0 Å². The van der Waals surface area contributed by atoms with E-state index in [1.54, 1.807) is 0 Å². The van der Waals surface area contributed by atoms with Gasteiger partial charge in [-0.05, 0) is 52.2 Å². The molecule has 2 rings (SSSR count). The molecule has 0 aliphatic carbocycles. The fraction of sp³-hybridized carbons (Fsp3) is 0.562. The van der Waals surface area contributed by atoms with Gasteiger partial charge in [-0.1, -0.05) is 17.3 Å². The van der Waals surface area contributed by atoms with Gasteiger partial charge in [0.05, 0.1) is 5.52 Å². The van der Waals surface area contributed by atoms with Crippen molar-refractivity contribution >= 4 is 17.1 Å². The molecule has 1 aromatic heterocycles. The van der Waals surface area contributed by atoms with Crippen molar-refractivity contribution in [1.82, 2.24) is 20.3 Å². The van der Waals surface area contributed by atoms with Crippen LogP contribution in [0.3, 0.4) is 0 Å². The lowest BCUT2D eigenvalue weighted by molar-refractivity contribution is 0.0527. The molecule has 0 bridgehead atoms. The Kier molecular flexibility index (Phi) is 5.35. The van der Waals surface area contributed by atoms with Crippen molar-refractivity contribution in [2.45, 2.75) is 52.2 Å². The zero-order valence-corrected chi connectivity index (χ0v) is 13.5. The van der Waals surface area contributed by atoms with Crippen LogP contribution in [0.4, 0.5) is 4.79 Å². The number of carbonyl (C=O) groups is 1. The van der Waals surface area contributed by atoms with Gasteiger partial charge in [-0.2, -0.15) is 0 Å².